The van der Waals surface area contributed by atoms with Crippen LogP contribution >= 0.6 is 24.0 Å². The topological polar surface area (TPSA) is 67.4 Å². The average molecular weight is 520 g/mol. The number of rotatable bonds is 9. The van der Waals surface area contributed by atoms with E-state index < -0.39 is 0 Å². The molecule has 1 aliphatic heterocycles. The van der Waals surface area contributed by atoms with Gasteiger partial charge in [0, 0.05) is 19.6 Å². The molecule has 1 aliphatic rings. The molecule has 0 radical (unpaired) electrons. The summed E-state index contributed by atoms with van der Waals surface area (Å²) in [5, 5.41) is 6.80. The van der Waals surface area contributed by atoms with Crippen molar-refractivity contribution in [2.75, 3.05) is 53.0 Å². The van der Waals surface area contributed by atoms with Crippen LogP contribution in [0.25, 0.3) is 0 Å². The van der Waals surface area contributed by atoms with Gasteiger partial charge >= 0.3 is 0 Å². The van der Waals surface area contributed by atoms with E-state index in [-0.39, 0.29) is 36.1 Å². The van der Waals surface area contributed by atoms with Gasteiger partial charge in [-0.15, -0.1) is 24.0 Å². The summed E-state index contributed by atoms with van der Waals surface area (Å²) in [6.45, 7) is 13.4. The molecule has 0 amide bonds. The van der Waals surface area contributed by atoms with Crippen molar-refractivity contribution >= 4 is 29.9 Å². The largest absolute Gasteiger partial charge is 0.490 e. The maximum absolute atomic E-state index is 5.81. The van der Waals surface area contributed by atoms with E-state index in [1.54, 1.807) is 0 Å². The molecule has 7 nitrogen and oxygen atoms in total. The molecule has 1 heterocycles. The van der Waals surface area contributed by atoms with Gasteiger partial charge in [0.25, 0.3) is 0 Å². The molecule has 1 aromatic carbocycles. The molecule has 166 valence electrons. The highest BCUT2D eigenvalue weighted by molar-refractivity contribution is 14.0. The lowest BCUT2D eigenvalue weighted by molar-refractivity contribution is -0.0136. The number of aliphatic imine (C=N–C) groups is 1. The number of nitrogens with zero attached hydrogens (tertiary/aromatic N) is 2. The zero-order valence-corrected chi connectivity index (χ0v) is 20.7. The summed E-state index contributed by atoms with van der Waals surface area (Å²) in [5.74, 6) is 2.34. The van der Waals surface area contributed by atoms with Crippen LogP contribution in [-0.2, 0) is 4.74 Å². The quantitative estimate of drug-likeness (QED) is 0.297. The molecule has 0 aromatic heterocycles. The molecule has 1 fully saturated rings. The lowest BCUT2D eigenvalue weighted by Crippen LogP contribution is -2.43. The number of morpholine rings is 1. The third-order valence-corrected chi connectivity index (χ3v) is 4.56. The Bertz CT molecular complexity index is 630. The Morgan fingerprint density at radius 3 is 2.62 bits per heavy atom. The van der Waals surface area contributed by atoms with Crippen LogP contribution in [0.2, 0.25) is 0 Å². The Hall–Kier alpha value is -1.26. The Morgan fingerprint density at radius 1 is 1.24 bits per heavy atom. The Labute approximate surface area is 192 Å². The molecule has 0 saturated carbocycles. The molecule has 8 heteroatoms. The van der Waals surface area contributed by atoms with E-state index >= 15 is 0 Å². The molecule has 2 N–H and O–H groups in total. The summed E-state index contributed by atoms with van der Waals surface area (Å²) in [7, 11) is 2.12. The first-order valence-electron chi connectivity index (χ1n) is 10.3. The van der Waals surface area contributed by atoms with Gasteiger partial charge in [-0.2, -0.15) is 0 Å². The molecule has 2 rings (SSSR count). The number of benzene rings is 1. The lowest BCUT2D eigenvalue weighted by atomic mass is 10.1. The third kappa shape index (κ3) is 8.55. The van der Waals surface area contributed by atoms with E-state index in [9.17, 15) is 0 Å². The van der Waals surface area contributed by atoms with Crippen molar-refractivity contribution in [2.24, 2.45) is 4.99 Å². The Morgan fingerprint density at radius 2 is 1.97 bits per heavy atom. The summed E-state index contributed by atoms with van der Waals surface area (Å²) in [5.41, 5.74) is 1.12. The number of likely N-dealkylation sites (N-methyl/N-ethyl adjacent to an activating group) is 1. The second-order valence-corrected chi connectivity index (χ2v) is 6.91. The predicted molar refractivity (Wildman–Crippen MR) is 129 cm³/mol. The molecule has 29 heavy (non-hydrogen) atoms. The van der Waals surface area contributed by atoms with E-state index in [0.29, 0.717) is 19.8 Å². The maximum atomic E-state index is 5.81. The summed E-state index contributed by atoms with van der Waals surface area (Å²) >= 11 is 0. The van der Waals surface area contributed by atoms with Gasteiger partial charge < -0.3 is 29.7 Å². The van der Waals surface area contributed by atoms with Gasteiger partial charge in [-0.05, 0) is 52.4 Å². The van der Waals surface area contributed by atoms with E-state index in [0.717, 1.165) is 49.3 Å². The number of hydrogen-bond acceptors (Lipinski definition) is 5. The van der Waals surface area contributed by atoms with Crippen molar-refractivity contribution in [1.82, 2.24) is 15.5 Å². The van der Waals surface area contributed by atoms with Crippen LogP contribution in [0.3, 0.4) is 0 Å². The fraction of sp³-hybridized carbons (Fsp3) is 0.667. The van der Waals surface area contributed by atoms with Gasteiger partial charge in [0.2, 0.25) is 0 Å². The number of halogens is 1. The van der Waals surface area contributed by atoms with E-state index in [2.05, 4.69) is 42.5 Å². The maximum Gasteiger partial charge on any atom is 0.191 e. The van der Waals surface area contributed by atoms with Crippen LogP contribution in [-0.4, -0.2) is 70.0 Å². The molecular formula is C21H37IN4O3. The van der Waals surface area contributed by atoms with Crippen LogP contribution in [0.4, 0.5) is 0 Å². The Kier molecular flexibility index (Phi) is 12.3. The van der Waals surface area contributed by atoms with Gasteiger partial charge in [-0.1, -0.05) is 6.07 Å². The first-order chi connectivity index (χ1) is 13.6. The van der Waals surface area contributed by atoms with Gasteiger partial charge in [0.1, 0.15) is 0 Å². The molecule has 2 atom stereocenters. The normalized spacial score (nSPS) is 18.5. The van der Waals surface area contributed by atoms with Crippen LogP contribution in [0.15, 0.2) is 23.2 Å². The number of ether oxygens (including phenoxy) is 3. The van der Waals surface area contributed by atoms with Crippen LogP contribution < -0.4 is 20.1 Å². The van der Waals surface area contributed by atoms with Crippen molar-refractivity contribution in [3.63, 3.8) is 0 Å². The monoisotopic (exact) mass is 520 g/mol. The predicted octanol–water partition coefficient (Wildman–Crippen LogP) is 3.05. The van der Waals surface area contributed by atoms with Crippen molar-refractivity contribution in [2.45, 2.75) is 39.8 Å². The zero-order chi connectivity index (χ0) is 20.4. The number of guanidine groups is 1. The van der Waals surface area contributed by atoms with Crippen molar-refractivity contribution in [1.29, 1.82) is 0 Å². The Balaban J connectivity index is 0.00000420. The highest BCUT2D eigenvalue weighted by Crippen LogP contribution is 2.30. The first kappa shape index (κ1) is 25.8. The fourth-order valence-electron chi connectivity index (χ4n) is 3.12. The van der Waals surface area contributed by atoms with Crippen LogP contribution in [0.1, 0.15) is 39.3 Å². The highest BCUT2D eigenvalue weighted by Gasteiger charge is 2.18. The molecule has 1 saturated heterocycles. The minimum absolute atomic E-state index is 0. The SMILES string of the molecule is CCNC(=NCC1CN(C)CCO1)NC(C)c1ccc(OCC)c(OCC)c1.I. The summed E-state index contributed by atoms with van der Waals surface area (Å²) in [4.78, 5) is 7.01. The lowest BCUT2D eigenvalue weighted by Gasteiger charge is -2.29. The minimum atomic E-state index is 0. The van der Waals surface area contributed by atoms with Gasteiger partial charge in [-0.3, -0.25) is 4.99 Å². The van der Waals surface area contributed by atoms with Gasteiger partial charge in [0.15, 0.2) is 17.5 Å². The standard InChI is InChI=1S/C21H36N4O3.HI/c1-6-22-21(23-14-18-15-25(5)11-12-28-18)24-16(4)17-9-10-19(26-7-2)20(13-17)27-8-3;/h9-10,13,16,18H,6-8,11-12,14-15H2,1-5H3,(H2,22,23,24);1H. The molecule has 1 aromatic rings. The number of nitrogens with one attached hydrogen (secondary N) is 2. The molecule has 0 bridgehead atoms. The smallest absolute Gasteiger partial charge is 0.191 e. The minimum Gasteiger partial charge on any atom is -0.490 e. The summed E-state index contributed by atoms with van der Waals surface area (Å²) in [6, 6.07) is 6.14. The highest BCUT2D eigenvalue weighted by atomic mass is 127. The number of hydrogen-bond donors (Lipinski definition) is 2. The van der Waals surface area contributed by atoms with Crippen molar-refractivity contribution < 1.29 is 14.2 Å². The third-order valence-electron chi connectivity index (χ3n) is 4.56. The van der Waals surface area contributed by atoms with E-state index in [4.69, 9.17) is 19.2 Å². The fourth-order valence-corrected chi connectivity index (χ4v) is 3.12. The summed E-state index contributed by atoms with van der Waals surface area (Å²) < 4.78 is 17.2. The van der Waals surface area contributed by atoms with Crippen LogP contribution in [0, 0.1) is 0 Å². The second kappa shape index (κ2) is 13.9. The summed E-state index contributed by atoms with van der Waals surface area (Å²) in [6.07, 6.45) is 0.138. The van der Waals surface area contributed by atoms with Crippen molar-refractivity contribution in [3.8, 4) is 11.5 Å². The van der Waals surface area contributed by atoms with E-state index in [1.807, 2.05) is 26.0 Å². The second-order valence-electron chi connectivity index (χ2n) is 6.91. The van der Waals surface area contributed by atoms with Crippen molar-refractivity contribution in [3.05, 3.63) is 23.8 Å². The van der Waals surface area contributed by atoms with Crippen LogP contribution in [0.5, 0.6) is 11.5 Å². The molecule has 0 aliphatic carbocycles. The molecule has 0 spiro atoms. The molecule has 2 unspecified atom stereocenters. The van der Waals surface area contributed by atoms with Gasteiger partial charge in [-0.25, -0.2) is 0 Å². The van der Waals surface area contributed by atoms with E-state index in [1.165, 1.54) is 0 Å². The molecular weight excluding hydrogens is 483 g/mol. The van der Waals surface area contributed by atoms with Gasteiger partial charge in [0.05, 0.1) is 38.5 Å². The first-order valence-corrected chi connectivity index (χ1v) is 10.3. The zero-order valence-electron chi connectivity index (χ0n) is 18.4. The average Bonchev–Trinajstić information content (AvgIpc) is 2.68.